The zero-order valence-corrected chi connectivity index (χ0v) is 14.5. The zero-order chi connectivity index (χ0) is 18.1. The SMILES string of the molecule is COc1ccc(C(=O)N(CC(=O)O)C2CC2)cc1S(=O)(=O)N(C)C. The molecular formula is C15H20N2O6S. The van der Waals surface area contributed by atoms with E-state index in [-0.39, 0.29) is 22.3 Å². The van der Waals surface area contributed by atoms with E-state index in [1.807, 2.05) is 0 Å². The third-order valence-corrected chi connectivity index (χ3v) is 5.56. The summed E-state index contributed by atoms with van der Waals surface area (Å²) in [5, 5.41) is 8.98. The van der Waals surface area contributed by atoms with Crippen molar-refractivity contribution in [2.45, 2.75) is 23.8 Å². The van der Waals surface area contributed by atoms with Crippen LogP contribution in [-0.2, 0) is 14.8 Å². The maximum absolute atomic E-state index is 12.6. The highest BCUT2D eigenvalue weighted by atomic mass is 32.2. The van der Waals surface area contributed by atoms with Crippen molar-refractivity contribution in [2.75, 3.05) is 27.7 Å². The van der Waals surface area contributed by atoms with Gasteiger partial charge in [-0.1, -0.05) is 0 Å². The van der Waals surface area contributed by atoms with E-state index in [1.54, 1.807) is 0 Å². The summed E-state index contributed by atoms with van der Waals surface area (Å²) in [6.45, 7) is -0.411. The van der Waals surface area contributed by atoms with Crippen LogP contribution in [-0.4, -0.2) is 68.4 Å². The molecule has 24 heavy (non-hydrogen) atoms. The van der Waals surface area contributed by atoms with Gasteiger partial charge in [0.2, 0.25) is 10.0 Å². The van der Waals surface area contributed by atoms with Crippen molar-refractivity contribution < 1.29 is 27.9 Å². The van der Waals surface area contributed by atoms with Crippen molar-refractivity contribution >= 4 is 21.9 Å². The minimum atomic E-state index is -3.81. The monoisotopic (exact) mass is 356 g/mol. The van der Waals surface area contributed by atoms with E-state index in [1.165, 1.54) is 44.3 Å². The highest BCUT2D eigenvalue weighted by Gasteiger charge is 2.35. The molecule has 0 heterocycles. The fourth-order valence-corrected chi connectivity index (χ4v) is 3.35. The lowest BCUT2D eigenvalue weighted by Crippen LogP contribution is -2.37. The average molecular weight is 356 g/mol. The van der Waals surface area contributed by atoms with Crippen molar-refractivity contribution in [3.8, 4) is 5.75 Å². The first-order valence-corrected chi connectivity index (χ1v) is 8.75. The number of carbonyl (C=O) groups excluding carboxylic acids is 1. The number of rotatable bonds is 7. The molecule has 9 heteroatoms. The van der Waals surface area contributed by atoms with E-state index in [4.69, 9.17) is 9.84 Å². The zero-order valence-electron chi connectivity index (χ0n) is 13.7. The van der Waals surface area contributed by atoms with Gasteiger partial charge in [0.05, 0.1) is 7.11 Å². The Morgan fingerprint density at radius 1 is 1.29 bits per heavy atom. The summed E-state index contributed by atoms with van der Waals surface area (Å²) in [4.78, 5) is 24.7. The molecule has 1 aliphatic carbocycles. The van der Waals surface area contributed by atoms with Crippen LogP contribution in [0.2, 0.25) is 0 Å². The first-order valence-electron chi connectivity index (χ1n) is 7.31. The molecule has 1 amide bonds. The number of benzene rings is 1. The Hall–Kier alpha value is -2.13. The molecule has 0 aliphatic heterocycles. The Morgan fingerprint density at radius 3 is 2.38 bits per heavy atom. The lowest BCUT2D eigenvalue weighted by molar-refractivity contribution is -0.137. The molecule has 0 atom stereocenters. The Labute approximate surface area is 140 Å². The maximum Gasteiger partial charge on any atom is 0.323 e. The molecule has 0 unspecified atom stereocenters. The molecule has 1 aromatic rings. The summed E-state index contributed by atoms with van der Waals surface area (Å²) in [5.41, 5.74) is 0.115. The first kappa shape index (κ1) is 18.2. The Bertz CT molecular complexity index is 755. The van der Waals surface area contributed by atoms with Crippen molar-refractivity contribution in [3.63, 3.8) is 0 Å². The van der Waals surface area contributed by atoms with Gasteiger partial charge in [0.15, 0.2) is 0 Å². The van der Waals surface area contributed by atoms with Crippen LogP contribution in [0.3, 0.4) is 0 Å². The average Bonchev–Trinajstić information content (AvgIpc) is 3.35. The second kappa shape index (κ2) is 6.78. The molecule has 0 saturated heterocycles. The van der Waals surface area contributed by atoms with Gasteiger partial charge in [0.1, 0.15) is 17.2 Å². The van der Waals surface area contributed by atoms with Gasteiger partial charge in [0, 0.05) is 25.7 Å². The number of aliphatic carboxylic acids is 1. The molecule has 1 aliphatic rings. The predicted octanol–water partition coefficient (Wildman–Crippen LogP) is 0.635. The van der Waals surface area contributed by atoms with Crippen molar-refractivity contribution in [3.05, 3.63) is 23.8 Å². The second-order valence-electron chi connectivity index (χ2n) is 5.71. The fraction of sp³-hybridized carbons (Fsp3) is 0.467. The third-order valence-electron chi connectivity index (χ3n) is 3.72. The molecule has 2 rings (SSSR count). The molecule has 8 nitrogen and oxygen atoms in total. The van der Waals surface area contributed by atoms with E-state index < -0.39 is 28.4 Å². The topological polar surface area (TPSA) is 104 Å². The van der Waals surface area contributed by atoms with Gasteiger partial charge in [-0.25, -0.2) is 12.7 Å². The number of amides is 1. The number of sulfonamides is 1. The van der Waals surface area contributed by atoms with Crippen molar-refractivity contribution in [1.82, 2.24) is 9.21 Å². The highest BCUT2D eigenvalue weighted by molar-refractivity contribution is 7.89. The lowest BCUT2D eigenvalue weighted by Gasteiger charge is -2.21. The van der Waals surface area contributed by atoms with E-state index in [2.05, 4.69) is 0 Å². The highest BCUT2D eigenvalue weighted by Crippen LogP contribution is 2.31. The Morgan fingerprint density at radius 2 is 1.92 bits per heavy atom. The van der Waals surface area contributed by atoms with Crippen LogP contribution >= 0.6 is 0 Å². The van der Waals surface area contributed by atoms with Crippen molar-refractivity contribution in [1.29, 1.82) is 0 Å². The normalized spacial score (nSPS) is 14.5. The summed E-state index contributed by atoms with van der Waals surface area (Å²) < 4.78 is 30.9. The van der Waals surface area contributed by atoms with Crippen LogP contribution in [0.15, 0.2) is 23.1 Å². The minimum absolute atomic E-state index is 0.107. The molecule has 0 spiro atoms. The van der Waals surface area contributed by atoms with E-state index in [9.17, 15) is 18.0 Å². The smallest absolute Gasteiger partial charge is 0.323 e. The Balaban J connectivity index is 2.44. The van der Waals surface area contributed by atoms with E-state index in [0.29, 0.717) is 0 Å². The summed E-state index contributed by atoms with van der Waals surface area (Å²) >= 11 is 0. The number of ether oxygens (including phenoxy) is 1. The van der Waals surface area contributed by atoms with Crippen LogP contribution in [0.5, 0.6) is 5.75 Å². The van der Waals surface area contributed by atoms with Gasteiger partial charge in [-0.3, -0.25) is 9.59 Å². The first-order chi connectivity index (χ1) is 11.2. The fourth-order valence-electron chi connectivity index (χ4n) is 2.27. The van der Waals surface area contributed by atoms with Gasteiger partial charge in [-0.15, -0.1) is 0 Å². The van der Waals surface area contributed by atoms with E-state index >= 15 is 0 Å². The summed E-state index contributed by atoms with van der Waals surface area (Å²) in [5.74, 6) is -1.49. The number of hydrogen-bond acceptors (Lipinski definition) is 5. The number of carboxylic acids is 1. The largest absolute Gasteiger partial charge is 0.495 e. The standard InChI is InChI=1S/C15H20N2O6S/c1-16(2)24(21,22)13-8-10(4-7-12(13)23-3)15(20)17(9-14(18)19)11-5-6-11/h4,7-8,11H,5-6,9H2,1-3H3,(H,18,19). The van der Waals surface area contributed by atoms with Crippen LogP contribution in [0, 0.1) is 0 Å². The number of nitrogens with zero attached hydrogens (tertiary/aromatic N) is 2. The number of carboxylic acid groups (broad SMARTS) is 1. The molecule has 0 radical (unpaired) electrons. The van der Waals surface area contributed by atoms with Gasteiger partial charge >= 0.3 is 5.97 Å². The van der Waals surface area contributed by atoms with Gasteiger partial charge in [-0.05, 0) is 31.0 Å². The van der Waals surface area contributed by atoms with Crippen LogP contribution < -0.4 is 4.74 Å². The summed E-state index contributed by atoms with van der Waals surface area (Å²) in [7, 11) is 0.290. The molecule has 0 aromatic heterocycles. The third kappa shape index (κ3) is 3.68. The number of methoxy groups -OCH3 is 1. The van der Waals surface area contributed by atoms with Crippen LogP contribution in [0.4, 0.5) is 0 Å². The van der Waals surface area contributed by atoms with E-state index in [0.717, 1.165) is 17.1 Å². The molecule has 1 saturated carbocycles. The molecule has 0 bridgehead atoms. The van der Waals surface area contributed by atoms with Crippen LogP contribution in [0.1, 0.15) is 23.2 Å². The van der Waals surface area contributed by atoms with Gasteiger partial charge in [-0.2, -0.15) is 0 Å². The molecule has 132 valence electrons. The van der Waals surface area contributed by atoms with Gasteiger partial charge < -0.3 is 14.7 Å². The summed E-state index contributed by atoms with van der Waals surface area (Å²) in [6, 6.07) is 3.96. The second-order valence-corrected chi connectivity index (χ2v) is 7.83. The van der Waals surface area contributed by atoms with Gasteiger partial charge in [0.25, 0.3) is 5.91 Å². The Kier molecular flexibility index (Phi) is 5.14. The minimum Gasteiger partial charge on any atom is -0.495 e. The maximum atomic E-state index is 12.6. The molecule has 1 N–H and O–H groups in total. The summed E-state index contributed by atoms with van der Waals surface area (Å²) in [6.07, 6.45) is 1.50. The predicted molar refractivity (Wildman–Crippen MR) is 85.6 cm³/mol. The molecule has 1 aromatic carbocycles. The molecular weight excluding hydrogens is 336 g/mol. The number of carbonyl (C=O) groups is 2. The van der Waals surface area contributed by atoms with Crippen molar-refractivity contribution in [2.24, 2.45) is 0 Å². The molecule has 1 fully saturated rings. The number of hydrogen-bond donors (Lipinski definition) is 1. The lowest BCUT2D eigenvalue weighted by atomic mass is 10.2. The quantitative estimate of drug-likeness (QED) is 0.769. The van der Waals surface area contributed by atoms with Crippen LogP contribution in [0.25, 0.3) is 0 Å².